The van der Waals surface area contributed by atoms with E-state index in [4.69, 9.17) is 5.73 Å². The molecule has 144 valence electrons. The maximum absolute atomic E-state index is 14.5. The highest BCUT2D eigenvalue weighted by atomic mass is 19.1. The number of nitrogens with zero attached hydrogens (tertiary/aromatic N) is 3. The van der Waals surface area contributed by atoms with Crippen LogP contribution in [0, 0.1) is 17.7 Å². The molecule has 0 saturated carbocycles. The molecule has 28 heavy (non-hydrogen) atoms. The number of rotatable bonds is 2. The fourth-order valence-electron chi connectivity index (χ4n) is 3.73. The molecule has 8 heteroatoms. The van der Waals surface area contributed by atoms with E-state index in [-0.39, 0.29) is 17.8 Å². The van der Waals surface area contributed by atoms with Crippen LogP contribution in [0.5, 0.6) is 0 Å². The van der Waals surface area contributed by atoms with Gasteiger partial charge in [-0.15, -0.1) is 0 Å². The lowest BCUT2D eigenvalue weighted by molar-refractivity contribution is -0.137. The Morgan fingerprint density at radius 2 is 2.18 bits per heavy atom. The van der Waals surface area contributed by atoms with Crippen LogP contribution < -0.4 is 5.73 Å². The van der Waals surface area contributed by atoms with Crippen molar-refractivity contribution in [3.8, 4) is 17.5 Å². The van der Waals surface area contributed by atoms with Crippen molar-refractivity contribution in [2.24, 2.45) is 5.73 Å². The number of hydrogen-bond donors (Lipinski definition) is 2. The average molecular weight is 382 g/mol. The van der Waals surface area contributed by atoms with E-state index in [9.17, 15) is 19.1 Å². The number of carbonyl (C=O) groups is 2. The first-order valence-corrected chi connectivity index (χ1v) is 9.02. The molecule has 1 aliphatic carbocycles. The van der Waals surface area contributed by atoms with Crippen LogP contribution in [0.2, 0.25) is 0 Å². The Kier molecular flexibility index (Phi) is 4.20. The van der Waals surface area contributed by atoms with E-state index in [0.29, 0.717) is 24.9 Å². The van der Waals surface area contributed by atoms with Gasteiger partial charge in [-0.05, 0) is 37.5 Å². The average Bonchev–Trinajstić information content (AvgIpc) is 3.33. The van der Waals surface area contributed by atoms with Crippen LogP contribution in [0.25, 0.3) is 5.69 Å². The minimum Gasteiger partial charge on any atom is -0.369 e. The molecule has 1 aromatic heterocycles. The molecule has 0 spiro atoms. The summed E-state index contributed by atoms with van der Waals surface area (Å²) in [5.41, 5.74) is 5.95. The SMILES string of the molecule is CN1CCC(O)(C#Cc2ccc(F)c(-n3nc(C(N)=O)c4c3CCC4)c2)C1=O. The van der Waals surface area contributed by atoms with Gasteiger partial charge < -0.3 is 15.7 Å². The van der Waals surface area contributed by atoms with E-state index in [1.165, 1.54) is 27.8 Å². The molecule has 1 unspecified atom stereocenters. The smallest absolute Gasteiger partial charge is 0.269 e. The molecule has 2 aliphatic rings. The second-order valence-electron chi connectivity index (χ2n) is 7.16. The monoisotopic (exact) mass is 382 g/mol. The molecule has 4 rings (SSSR count). The Bertz CT molecular complexity index is 1070. The molecule has 1 aromatic carbocycles. The number of fused-ring (bicyclic) bond motifs is 1. The van der Waals surface area contributed by atoms with E-state index >= 15 is 0 Å². The van der Waals surface area contributed by atoms with E-state index in [1.54, 1.807) is 7.05 Å². The first-order chi connectivity index (χ1) is 13.3. The van der Waals surface area contributed by atoms with Crippen molar-refractivity contribution in [3.63, 3.8) is 0 Å². The van der Waals surface area contributed by atoms with Crippen LogP contribution in [-0.2, 0) is 17.6 Å². The van der Waals surface area contributed by atoms with Crippen molar-refractivity contribution in [1.29, 1.82) is 0 Å². The lowest BCUT2D eigenvalue weighted by atomic mass is 10.0. The summed E-state index contributed by atoms with van der Waals surface area (Å²) in [6, 6.07) is 4.21. The highest BCUT2D eigenvalue weighted by Crippen LogP contribution is 2.29. The summed E-state index contributed by atoms with van der Waals surface area (Å²) < 4.78 is 15.9. The normalized spacial score (nSPS) is 20.8. The number of primary amides is 1. The van der Waals surface area contributed by atoms with Crippen LogP contribution in [0.15, 0.2) is 18.2 Å². The van der Waals surface area contributed by atoms with Crippen LogP contribution >= 0.6 is 0 Å². The van der Waals surface area contributed by atoms with Crippen LogP contribution in [0.1, 0.15) is 40.2 Å². The molecule has 7 nitrogen and oxygen atoms in total. The van der Waals surface area contributed by atoms with Crippen molar-refractivity contribution in [1.82, 2.24) is 14.7 Å². The summed E-state index contributed by atoms with van der Waals surface area (Å²) in [5.74, 6) is 3.78. The zero-order valence-electron chi connectivity index (χ0n) is 15.3. The summed E-state index contributed by atoms with van der Waals surface area (Å²) >= 11 is 0. The predicted molar refractivity (Wildman–Crippen MR) is 98.1 cm³/mol. The Hall–Kier alpha value is -3.18. The Morgan fingerprint density at radius 1 is 1.39 bits per heavy atom. The van der Waals surface area contributed by atoms with E-state index in [0.717, 1.165) is 17.7 Å². The van der Waals surface area contributed by atoms with Gasteiger partial charge in [0.05, 0.1) is 0 Å². The Labute approximate surface area is 160 Å². The summed E-state index contributed by atoms with van der Waals surface area (Å²) in [6.07, 6.45) is 2.41. The van der Waals surface area contributed by atoms with E-state index in [2.05, 4.69) is 16.9 Å². The van der Waals surface area contributed by atoms with Crippen molar-refractivity contribution >= 4 is 11.8 Å². The number of likely N-dealkylation sites (N-methyl/N-ethyl adjacent to an activating group) is 1. The molecular formula is C20H19FN4O3. The first kappa shape index (κ1) is 18.2. The fraction of sp³-hybridized carbons (Fsp3) is 0.350. The zero-order chi connectivity index (χ0) is 20.1. The van der Waals surface area contributed by atoms with Gasteiger partial charge in [-0.2, -0.15) is 5.10 Å². The standard InChI is InChI=1S/C20H19FN4O3/c1-24-10-9-20(28,19(24)27)8-7-12-5-6-14(21)16(11-12)25-15-4-2-3-13(15)17(23-25)18(22)26/h5-6,11,28H,2-4,9-10H2,1H3,(H2,22,26). The number of nitrogens with two attached hydrogens (primary N) is 1. The number of aliphatic hydroxyl groups is 1. The van der Waals surface area contributed by atoms with Gasteiger partial charge in [0, 0.05) is 36.8 Å². The van der Waals surface area contributed by atoms with Crippen molar-refractivity contribution < 1.29 is 19.1 Å². The lowest BCUT2D eigenvalue weighted by Gasteiger charge is -2.13. The topological polar surface area (TPSA) is 101 Å². The molecule has 1 saturated heterocycles. The molecule has 2 amide bonds. The molecule has 1 fully saturated rings. The third-order valence-corrected chi connectivity index (χ3v) is 5.26. The molecule has 3 N–H and O–H groups in total. The molecule has 2 aromatic rings. The summed E-state index contributed by atoms with van der Waals surface area (Å²) in [5, 5.41) is 14.6. The number of hydrogen-bond acceptors (Lipinski definition) is 4. The summed E-state index contributed by atoms with van der Waals surface area (Å²) in [6.45, 7) is 0.425. The van der Waals surface area contributed by atoms with Gasteiger partial charge in [0.2, 0.25) is 5.60 Å². The van der Waals surface area contributed by atoms with Gasteiger partial charge in [0.15, 0.2) is 5.69 Å². The summed E-state index contributed by atoms with van der Waals surface area (Å²) in [7, 11) is 1.60. The van der Waals surface area contributed by atoms with Crippen molar-refractivity contribution in [3.05, 3.63) is 46.5 Å². The number of halogens is 1. The van der Waals surface area contributed by atoms with Gasteiger partial charge in [0.25, 0.3) is 11.8 Å². The van der Waals surface area contributed by atoms with Gasteiger partial charge >= 0.3 is 0 Å². The second-order valence-corrected chi connectivity index (χ2v) is 7.16. The molecular weight excluding hydrogens is 363 g/mol. The largest absolute Gasteiger partial charge is 0.369 e. The van der Waals surface area contributed by atoms with Crippen LogP contribution in [-0.4, -0.2) is 50.8 Å². The Morgan fingerprint density at radius 3 is 2.86 bits per heavy atom. The maximum Gasteiger partial charge on any atom is 0.269 e. The van der Waals surface area contributed by atoms with Crippen molar-refractivity contribution in [2.75, 3.05) is 13.6 Å². The number of aromatic nitrogens is 2. The second kappa shape index (κ2) is 6.46. The van der Waals surface area contributed by atoms with E-state index < -0.39 is 23.2 Å². The Balaban J connectivity index is 1.75. The van der Waals surface area contributed by atoms with Crippen molar-refractivity contribution in [2.45, 2.75) is 31.3 Å². The maximum atomic E-state index is 14.5. The first-order valence-electron chi connectivity index (χ1n) is 9.02. The quantitative estimate of drug-likeness (QED) is 0.741. The molecule has 1 aliphatic heterocycles. The van der Waals surface area contributed by atoms with Gasteiger partial charge in [-0.25, -0.2) is 9.07 Å². The fourth-order valence-corrected chi connectivity index (χ4v) is 3.73. The number of likely N-dealkylation sites (tertiary alicyclic amines) is 1. The third kappa shape index (κ3) is 2.84. The van der Waals surface area contributed by atoms with Gasteiger partial charge in [-0.1, -0.05) is 11.8 Å². The number of carbonyl (C=O) groups excluding carboxylic acids is 2. The predicted octanol–water partition coefficient (Wildman–Crippen LogP) is 0.544. The minimum absolute atomic E-state index is 0.152. The third-order valence-electron chi connectivity index (χ3n) is 5.26. The van der Waals surface area contributed by atoms with Gasteiger partial charge in [-0.3, -0.25) is 9.59 Å². The van der Waals surface area contributed by atoms with E-state index in [1.807, 2.05) is 0 Å². The zero-order valence-corrected chi connectivity index (χ0v) is 15.3. The van der Waals surface area contributed by atoms with Gasteiger partial charge in [0.1, 0.15) is 11.5 Å². The molecule has 0 bridgehead atoms. The number of benzene rings is 1. The summed E-state index contributed by atoms with van der Waals surface area (Å²) in [4.78, 5) is 25.1. The molecule has 2 heterocycles. The highest BCUT2D eigenvalue weighted by molar-refractivity contribution is 5.93. The minimum atomic E-state index is -1.73. The van der Waals surface area contributed by atoms with Crippen LogP contribution in [0.3, 0.4) is 0 Å². The lowest BCUT2D eigenvalue weighted by Crippen LogP contribution is -2.37. The van der Waals surface area contributed by atoms with Crippen LogP contribution in [0.4, 0.5) is 4.39 Å². The molecule has 0 radical (unpaired) electrons. The molecule has 1 atom stereocenters. The number of amides is 2. The highest BCUT2D eigenvalue weighted by Gasteiger charge is 2.42.